The number of nitrogens with one attached hydrogen (secondary N) is 1. The Kier molecular flexibility index (Phi) is 3.10. The number of aryl methyl sites for hydroxylation is 1. The van der Waals surface area contributed by atoms with E-state index in [2.05, 4.69) is 57.3 Å². The van der Waals surface area contributed by atoms with Gasteiger partial charge in [0.25, 0.3) is 0 Å². The van der Waals surface area contributed by atoms with Crippen molar-refractivity contribution in [3.8, 4) is 0 Å². The van der Waals surface area contributed by atoms with E-state index in [-0.39, 0.29) is 5.54 Å². The lowest BCUT2D eigenvalue weighted by atomic mass is 9.90. The average Bonchev–Trinajstić information content (AvgIpc) is 2.04. The van der Waals surface area contributed by atoms with Gasteiger partial charge in [-0.2, -0.15) is 0 Å². The van der Waals surface area contributed by atoms with Crippen LogP contribution in [0.15, 0.2) is 24.3 Å². The molecule has 0 saturated carbocycles. The molecular formula is C12H19N. The molecule has 0 bridgehead atoms. The smallest absolute Gasteiger partial charge is 0.0379 e. The maximum Gasteiger partial charge on any atom is 0.0379 e. The maximum atomic E-state index is 3.48. The Bertz CT molecular complexity index is 276. The van der Waals surface area contributed by atoms with E-state index in [1.54, 1.807) is 0 Å². The van der Waals surface area contributed by atoms with Gasteiger partial charge in [0.15, 0.2) is 0 Å². The molecule has 0 radical (unpaired) electrons. The lowest BCUT2D eigenvalue weighted by Gasteiger charge is -2.28. The Hall–Kier alpha value is -0.820. The molecule has 1 heteroatoms. The van der Waals surface area contributed by atoms with Gasteiger partial charge in [0, 0.05) is 5.54 Å². The highest BCUT2D eigenvalue weighted by molar-refractivity contribution is 5.31. The topological polar surface area (TPSA) is 12.0 Å². The summed E-state index contributed by atoms with van der Waals surface area (Å²) in [6, 6.07) is 8.54. The third-order valence-electron chi connectivity index (χ3n) is 2.44. The molecule has 0 aliphatic heterocycles. The zero-order chi connectivity index (χ0) is 9.90. The summed E-state index contributed by atoms with van der Waals surface area (Å²) in [7, 11) is 0. The second-order valence-corrected chi connectivity index (χ2v) is 3.97. The molecule has 1 nitrogen and oxygen atoms in total. The zero-order valence-electron chi connectivity index (χ0n) is 9.02. The molecule has 0 saturated heterocycles. The number of rotatable bonds is 3. The van der Waals surface area contributed by atoms with Gasteiger partial charge in [0.2, 0.25) is 0 Å². The van der Waals surface area contributed by atoms with E-state index in [4.69, 9.17) is 0 Å². The van der Waals surface area contributed by atoms with Crippen molar-refractivity contribution in [3.05, 3.63) is 35.4 Å². The Morgan fingerprint density at radius 1 is 1.23 bits per heavy atom. The summed E-state index contributed by atoms with van der Waals surface area (Å²) in [5, 5.41) is 3.48. The van der Waals surface area contributed by atoms with E-state index in [0.29, 0.717) is 0 Å². The predicted octanol–water partition coefficient (Wildman–Crippen LogP) is 2.84. The minimum Gasteiger partial charge on any atom is -0.308 e. The van der Waals surface area contributed by atoms with Crippen LogP contribution in [0.4, 0.5) is 0 Å². The van der Waals surface area contributed by atoms with Gasteiger partial charge in [-0.05, 0) is 38.4 Å². The summed E-state index contributed by atoms with van der Waals surface area (Å²) in [4.78, 5) is 0. The van der Waals surface area contributed by atoms with Crippen molar-refractivity contribution in [1.29, 1.82) is 0 Å². The van der Waals surface area contributed by atoms with Gasteiger partial charge >= 0.3 is 0 Å². The lowest BCUT2D eigenvalue weighted by molar-refractivity contribution is 0.414. The molecule has 1 aromatic carbocycles. The Morgan fingerprint density at radius 2 is 1.85 bits per heavy atom. The first-order chi connectivity index (χ1) is 6.08. The van der Waals surface area contributed by atoms with Crippen LogP contribution in [0.5, 0.6) is 0 Å². The number of hydrogen-bond acceptors (Lipinski definition) is 1. The molecule has 0 aromatic heterocycles. The molecule has 0 aliphatic carbocycles. The van der Waals surface area contributed by atoms with Crippen LogP contribution >= 0.6 is 0 Å². The zero-order valence-corrected chi connectivity index (χ0v) is 9.02. The van der Waals surface area contributed by atoms with Gasteiger partial charge in [0.05, 0.1) is 0 Å². The van der Waals surface area contributed by atoms with Crippen LogP contribution in [0, 0.1) is 6.92 Å². The van der Waals surface area contributed by atoms with Crippen molar-refractivity contribution >= 4 is 0 Å². The highest BCUT2D eigenvalue weighted by Gasteiger charge is 2.19. The highest BCUT2D eigenvalue weighted by atomic mass is 14.9. The van der Waals surface area contributed by atoms with Crippen LogP contribution < -0.4 is 5.32 Å². The van der Waals surface area contributed by atoms with Crippen LogP contribution in [0.3, 0.4) is 0 Å². The SMILES string of the molecule is CCNC(C)(C)c1ccccc1C. The fraction of sp³-hybridized carbons (Fsp3) is 0.500. The van der Waals surface area contributed by atoms with E-state index in [9.17, 15) is 0 Å². The van der Waals surface area contributed by atoms with Crippen molar-refractivity contribution in [1.82, 2.24) is 5.32 Å². The van der Waals surface area contributed by atoms with Crippen molar-refractivity contribution in [2.75, 3.05) is 6.54 Å². The molecule has 0 amide bonds. The van der Waals surface area contributed by atoms with Crippen molar-refractivity contribution in [2.45, 2.75) is 33.2 Å². The van der Waals surface area contributed by atoms with E-state index >= 15 is 0 Å². The Balaban J connectivity index is 2.99. The molecule has 13 heavy (non-hydrogen) atoms. The van der Waals surface area contributed by atoms with Crippen LogP contribution in [-0.4, -0.2) is 6.54 Å². The lowest BCUT2D eigenvalue weighted by Crippen LogP contribution is -2.36. The summed E-state index contributed by atoms with van der Waals surface area (Å²) in [6.07, 6.45) is 0. The second kappa shape index (κ2) is 3.93. The van der Waals surface area contributed by atoms with E-state index in [0.717, 1.165) is 6.54 Å². The molecule has 1 rings (SSSR count). The molecule has 0 fully saturated rings. The third kappa shape index (κ3) is 2.31. The normalized spacial score (nSPS) is 11.7. The van der Waals surface area contributed by atoms with Crippen molar-refractivity contribution in [3.63, 3.8) is 0 Å². The van der Waals surface area contributed by atoms with Gasteiger partial charge < -0.3 is 5.32 Å². The van der Waals surface area contributed by atoms with Crippen LogP contribution in [0.1, 0.15) is 31.9 Å². The fourth-order valence-corrected chi connectivity index (χ4v) is 1.81. The van der Waals surface area contributed by atoms with Gasteiger partial charge in [-0.3, -0.25) is 0 Å². The van der Waals surface area contributed by atoms with Gasteiger partial charge in [0.1, 0.15) is 0 Å². The Morgan fingerprint density at radius 3 is 2.38 bits per heavy atom. The van der Waals surface area contributed by atoms with Gasteiger partial charge in [-0.25, -0.2) is 0 Å². The van der Waals surface area contributed by atoms with Crippen molar-refractivity contribution < 1.29 is 0 Å². The first kappa shape index (κ1) is 10.3. The summed E-state index contributed by atoms with van der Waals surface area (Å²) < 4.78 is 0. The standard InChI is InChI=1S/C12H19N/c1-5-13-12(3,4)11-9-7-6-8-10(11)2/h6-9,13H,5H2,1-4H3. The second-order valence-electron chi connectivity index (χ2n) is 3.97. The molecule has 1 N–H and O–H groups in total. The molecule has 0 atom stereocenters. The molecule has 1 aromatic rings. The van der Waals surface area contributed by atoms with Gasteiger partial charge in [-0.1, -0.05) is 31.2 Å². The first-order valence-corrected chi connectivity index (χ1v) is 4.89. The molecular weight excluding hydrogens is 158 g/mol. The first-order valence-electron chi connectivity index (χ1n) is 4.89. The summed E-state index contributed by atoms with van der Waals surface area (Å²) in [6.45, 7) is 9.74. The van der Waals surface area contributed by atoms with Crippen LogP contribution in [0.25, 0.3) is 0 Å². The highest BCUT2D eigenvalue weighted by Crippen LogP contribution is 2.22. The van der Waals surface area contributed by atoms with Crippen LogP contribution in [0.2, 0.25) is 0 Å². The minimum atomic E-state index is 0.0834. The monoisotopic (exact) mass is 177 g/mol. The molecule has 0 aliphatic rings. The molecule has 72 valence electrons. The van der Waals surface area contributed by atoms with E-state index in [1.807, 2.05) is 0 Å². The minimum absolute atomic E-state index is 0.0834. The van der Waals surface area contributed by atoms with E-state index in [1.165, 1.54) is 11.1 Å². The van der Waals surface area contributed by atoms with Crippen LogP contribution in [-0.2, 0) is 5.54 Å². The maximum absolute atomic E-state index is 3.48. The molecule has 0 heterocycles. The average molecular weight is 177 g/mol. The summed E-state index contributed by atoms with van der Waals surface area (Å²) in [5.74, 6) is 0. The Labute approximate surface area is 81.2 Å². The molecule has 0 spiro atoms. The number of hydrogen-bond donors (Lipinski definition) is 1. The number of benzene rings is 1. The van der Waals surface area contributed by atoms with Gasteiger partial charge in [-0.15, -0.1) is 0 Å². The van der Waals surface area contributed by atoms with E-state index < -0.39 is 0 Å². The predicted molar refractivity (Wildman–Crippen MR) is 57.9 cm³/mol. The summed E-state index contributed by atoms with van der Waals surface area (Å²) in [5.41, 5.74) is 2.82. The fourth-order valence-electron chi connectivity index (χ4n) is 1.81. The quantitative estimate of drug-likeness (QED) is 0.748. The molecule has 0 unspecified atom stereocenters. The largest absolute Gasteiger partial charge is 0.308 e. The summed E-state index contributed by atoms with van der Waals surface area (Å²) >= 11 is 0. The van der Waals surface area contributed by atoms with Crippen molar-refractivity contribution in [2.24, 2.45) is 0 Å². The third-order valence-corrected chi connectivity index (χ3v) is 2.44.